The number of furan rings is 1. The van der Waals surface area contributed by atoms with Crippen molar-refractivity contribution in [2.45, 2.75) is 32.0 Å². The van der Waals surface area contributed by atoms with E-state index in [9.17, 15) is 14.7 Å². The number of carbonyl (C=O) groups excluding carboxylic acids is 2. The number of aromatic nitrogens is 2. The third kappa shape index (κ3) is 3.28. The van der Waals surface area contributed by atoms with Gasteiger partial charge in [-0.1, -0.05) is 30.3 Å². The minimum atomic E-state index is -0.245. The molecule has 31 heavy (non-hydrogen) atoms. The van der Waals surface area contributed by atoms with Crippen LogP contribution in [0.2, 0.25) is 0 Å². The van der Waals surface area contributed by atoms with E-state index >= 15 is 0 Å². The molecule has 9 heteroatoms. The van der Waals surface area contributed by atoms with Crippen molar-refractivity contribution < 1.29 is 19.1 Å². The van der Waals surface area contributed by atoms with Gasteiger partial charge in [0.05, 0.1) is 12.1 Å². The predicted octanol–water partition coefficient (Wildman–Crippen LogP) is 2.97. The molecular formula is C22H21BrN4O4. The first kappa shape index (κ1) is 20.0. The number of halogens is 1. The van der Waals surface area contributed by atoms with Gasteiger partial charge >= 0.3 is 0 Å². The van der Waals surface area contributed by atoms with E-state index in [0.717, 1.165) is 17.5 Å². The lowest BCUT2D eigenvalue weighted by Gasteiger charge is -2.33. The molecule has 2 aliphatic heterocycles. The second-order valence-electron chi connectivity index (χ2n) is 7.97. The first-order valence-corrected chi connectivity index (χ1v) is 10.9. The van der Waals surface area contributed by atoms with Gasteiger partial charge in [0, 0.05) is 24.2 Å². The highest BCUT2D eigenvalue weighted by Crippen LogP contribution is 2.36. The van der Waals surface area contributed by atoms with E-state index in [1.54, 1.807) is 17.9 Å². The fourth-order valence-electron chi connectivity index (χ4n) is 4.61. The summed E-state index contributed by atoms with van der Waals surface area (Å²) < 4.78 is 6.18. The van der Waals surface area contributed by atoms with Crippen LogP contribution in [0.1, 0.15) is 38.8 Å². The normalized spacial score (nSPS) is 20.0. The minimum absolute atomic E-state index is 0.0619. The first-order chi connectivity index (χ1) is 15.0. The van der Waals surface area contributed by atoms with E-state index < -0.39 is 0 Å². The van der Waals surface area contributed by atoms with Crippen molar-refractivity contribution in [1.29, 1.82) is 0 Å². The number of amides is 2. The zero-order valence-corrected chi connectivity index (χ0v) is 18.4. The monoisotopic (exact) mass is 484 g/mol. The van der Waals surface area contributed by atoms with E-state index in [4.69, 9.17) is 4.42 Å². The van der Waals surface area contributed by atoms with Gasteiger partial charge in [0.1, 0.15) is 17.0 Å². The number of hydrogen-bond donors (Lipinski definition) is 2. The number of benzene rings is 1. The Morgan fingerprint density at radius 1 is 1.19 bits per heavy atom. The van der Waals surface area contributed by atoms with Gasteiger partial charge in [0.15, 0.2) is 11.5 Å². The van der Waals surface area contributed by atoms with Gasteiger partial charge in [-0.05, 0) is 40.9 Å². The summed E-state index contributed by atoms with van der Waals surface area (Å²) in [5.41, 5.74) is 2.72. The summed E-state index contributed by atoms with van der Waals surface area (Å²) in [6.07, 6.45) is 0.732. The number of carbonyl (C=O) groups is 2. The maximum atomic E-state index is 13.4. The molecular weight excluding hydrogens is 464 g/mol. The molecule has 2 bridgehead atoms. The second-order valence-corrected chi connectivity index (χ2v) is 8.76. The molecule has 3 aromatic rings. The van der Waals surface area contributed by atoms with E-state index in [0.29, 0.717) is 34.7 Å². The van der Waals surface area contributed by atoms with Crippen molar-refractivity contribution in [1.82, 2.24) is 20.0 Å². The van der Waals surface area contributed by atoms with Gasteiger partial charge in [-0.25, -0.2) is 0 Å². The Hall–Kier alpha value is -2.91. The SMILES string of the molecule is Cc1cc(CO)oc1C(=O)N1C[C@@H]2C[C@H]1CN2C(=O)c1n[nH]c(Br)c1-c1ccccc1. The zero-order chi connectivity index (χ0) is 21.7. The number of rotatable bonds is 4. The maximum Gasteiger partial charge on any atom is 0.290 e. The number of hydrogen-bond acceptors (Lipinski definition) is 5. The summed E-state index contributed by atoms with van der Waals surface area (Å²) in [5, 5.41) is 16.4. The largest absolute Gasteiger partial charge is 0.453 e. The molecule has 2 N–H and O–H groups in total. The number of aryl methyl sites for hydroxylation is 1. The quantitative estimate of drug-likeness (QED) is 0.592. The minimum Gasteiger partial charge on any atom is -0.453 e. The summed E-state index contributed by atoms with van der Waals surface area (Å²) >= 11 is 3.47. The third-order valence-electron chi connectivity index (χ3n) is 6.07. The predicted molar refractivity (Wildman–Crippen MR) is 115 cm³/mol. The number of likely N-dealkylation sites (tertiary alicyclic amines) is 2. The van der Waals surface area contributed by atoms with Crippen LogP contribution >= 0.6 is 15.9 Å². The standard InChI is InChI=1S/C22H21BrN4O4/c1-12-7-16(11-28)31-19(12)22(30)27-10-14-8-15(27)9-26(14)21(29)18-17(20(23)25-24-18)13-5-3-2-4-6-13/h2-7,14-15,28H,8-11H2,1H3,(H,24,25)/t14-,15-/m0/s1. The molecule has 2 amide bonds. The molecule has 2 aromatic heterocycles. The maximum absolute atomic E-state index is 13.4. The van der Waals surface area contributed by atoms with Gasteiger partial charge < -0.3 is 19.3 Å². The van der Waals surface area contributed by atoms with Crippen LogP contribution in [-0.2, 0) is 6.61 Å². The lowest BCUT2D eigenvalue weighted by atomic mass is 10.1. The van der Waals surface area contributed by atoms with Crippen LogP contribution in [-0.4, -0.2) is 62.1 Å². The van der Waals surface area contributed by atoms with Crippen LogP contribution in [0, 0.1) is 6.92 Å². The highest BCUT2D eigenvalue weighted by molar-refractivity contribution is 9.10. The highest BCUT2D eigenvalue weighted by atomic mass is 79.9. The van der Waals surface area contributed by atoms with Gasteiger partial charge in [-0.3, -0.25) is 14.7 Å². The number of aromatic amines is 1. The molecule has 2 fully saturated rings. The molecule has 0 aliphatic carbocycles. The van der Waals surface area contributed by atoms with Crippen molar-refractivity contribution in [2.75, 3.05) is 13.1 Å². The lowest BCUT2D eigenvalue weighted by Crippen LogP contribution is -2.50. The fourth-order valence-corrected chi connectivity index (χ4v) is 5.12. The molecule has 1 aromatic carbocycles. The number of aliphatic hydroxyl groups excluding tert-OH is 1. The second kappa shape index (κ2) is 7.65. The van der Waals surface area contributed by atoms with Gasteiger partial charge in [0.2, 0.25) is 0 Å². The summed E-state index contributed by atoms with van der Waals surface area (Å²) in [6.45, 7) is 2.46. The topological polar surface area (TPSA) is 103 Å². The number of fused-ring (bicyclic) bond motifs is 2. The molecule has 8 nitrogen and oxygen atoms in total. The molecule has 2 saturated heterocycles. The zero-order valence-electron chi connectivity index (χ0n) is 16.8. The summed E-state index contributed by atoms with van der Waals surface area (Å²) in [4.78, 5) is 30.0. The highest BCUT2D eigenvalue weighted by Gasteiger charge is 2.48. The first-order valence-electron chi connectivity index (χ1n) is 10.1. The number of H-pyrrole nitrogens is 1. The van der Waals surface area contributed by atoms with Gasteiger partial charge in [0.25, 0.3) is 11.8 Å². The average Bonchev–Trinajstić information content (AvgIpc) is 3.55. The number of nitrogens with one attached hydrogen (secondary N) is 1. The Labute approximate surface area is 187 Å². The van der Waals surface area contributed by atoms with Crippen molar-refractivity contribution in [3.63, 3.8) is 0 Å². The Morgan fingerprint density at radius 2 is 1.87 bits per heavy atom. The van der Waals surface area contributed by atoms with Gasteiger partial charge in [-0.2, -0.15) is 5.10 Å². The molecule has 0 saturated carbocycles. The summed E-state index contributed by atoms with van der Waals surface area (Å²) in [5.74, 6) is 0.304. The van der Waals surface area contributed by atoms with Crippen LogP contribution in [0.4, 0.5) is 0 Å². The molecule has 0 radical (unpaired) electrons. The van der Waals surface area contributed by atoms with Crippen LogP contribution in [0.25, 0.3) is 11.1 Å². The van der Waals surface area contributed by atoms with Crippen LogP contribution < -0.4 is 0 Å². The Balaban J connectivity index is 1.35. The molecule has 160 valence electrons. The Kier molecular flexibility index (Phi) is 4.94. The molecule has 0 unspecified atom stereocenters. The molecule has 5 rings (SSSR count). The van der Waals surface area contributed by atoms with Crippen molar-refractivity contribution >= 4 is 27.7 Å². The van der Waals surface area contributed by atoms with Crippen LogP contribution in [0.3, 0.4) is 0 Å². The van der Waals surface area contributed by atoms with E-state index in [-0.39, 0.29) is 36.3 Å². The van der Waals surface area contributed by atoms with E-state index in [2.05, 4.69) is 26.1 Å². The third-order valence-corrected chi connectivity index (χ3v) is 6.64. The Morgan fingerprint density at radius 3 is 2.48 bits per heavy atom. The summed E-state index contributed by atoms with van der Waals surface area (Å²) in [7, 11) is 0. The van der Waals surface area contributed by atoms with Gasteiger partial charge in [-0.15, -0.1) is 0 Å². The van der Waals surface area contributed by atoms with Crippen LogP contribution in [0.15, 0.2) is 45.4 Å². The van der Waals surface area contributed by atoms with Crippen molar-refractivity contribution in [3.8, 4) is 11.1 Å². The Bertz CT molecular complexity index is 1160. The number of aliphatic hydroxyl groups is 1. The fraction of sp³-hybridized carbons (Fsp3) is 0.318. The molecule has 2 aliphatic rings. The average molecular weight is 485 g/mol. The van der Waals surface area contributed by atoms with Crippen molar-refractivity contribution in [2.24, 2.45) is 0 Å². The summed E-state index contributed by atoms with van der Waals surface area (Å²) in [6, 6.07) is 11.2. The van der Waals surface area contributed by atoms with Crippen LogP contribution in [0.5, 0.6) is 0 Å². The lowest BCUT2D eigenvalue weighted by molar-refractivity contribution is 0.0503. The molecule has 0 spiro atoms. The molecule has 2 atom stereocenters. The smallest absolute Gasteiger partial charge is 0.290 e. The number of piperazine rings is 1. The molecule has 4 heterocycles. The van der Waals surface area contributed by atoms with E-state index in [1.807, 2.05) is 35.2 Å². The van der Waals surface area contributed by atoms with E-state index in [1.165, 1.54) is 0 Å². The number of nitrogens with zero attached hydrogens (tertiary/aromatic N) is 3. The van der Waals surface area contributed by atoms with Crippen molar-refractivity contribution in [3.05, 3.63) is 63.8 Å².